The Morgan fingerprint density at radius 3 is 2.44 bits per heavy atom. The summed E-state index contributed by atoms with van der Waals surface area (Å²) in [7, 11) is 0. The zero-order valence-corrected chi connectivity index (χ0v) is 10.8. The van der Waals surface area contributed by atoms with Crippen molar-refractivity contribution in [2.75, 3.05) is 11.9 Å². The average Bonchev–Trinajstić information content (AvgIpc) is 2.30. The van der Waals surface area contributed by atoms with Crippen molar-refractivity contribution in [3.8, 4) is 0 Å². The fourth-order valence-electron chi connectivity index (χ4n) is 1.33. The minimum atomic E-state index is -0.755. The number of anilines is 1. The zero-order chi connectivity index (χ0) is 13.7. The van der Waals surface area contributed by atoms with Crippen molar-refractivity contribution in [1.82, 2.24) is 5.32 Å². The van der Waals surface area contributed by atoms with Crippen molar-refractivity contribution in [1.29, 1.82) is 0 Å². The molecule has 1 rings (SSSR count). The third-order valence-corrected chi connectivity index (χ3v) is 2.53. The summed E-state index contributed by atoms with van der Waals surface area (Å²) in [5.74, 6) is -1.49. The lowest BCUT2D eigenvalue weighted by atomic mass is 10.1. The molecule has 1 aromatic rings. The Labute approximate surface area is 106 Å². The monoisotopic (exact) mass is 250 g/mol. The van der Waals surface area contributed by atoms with Crippen LogP contribution in [0, 0.1) is 13.8 Å². The third-order valence-electron chi connectivity index (χ3n) is 2.53. The molecule has 1 atom stereocenters. The van der Waals surface area contributed by atoms with Gasteiger partial charge in [0.1, 0.15) is 0 Å². The van der Waals surface area contributed by atoms with Crippen molar-refractivity contribution in [2.45, 2.75) is 26.9 Å². The van der Waals surface area contributed by atoms with Crippen LogP contribution < -0.4 is 10.6 Å². The first-order valence-electron chi connectivity index (χ1n) is 5.74. The second kappa shape index (κ2) is 6.16. The molecule has 0 aliphatic carbocycles. The predicted molar refractivity (Wildman–Crippen MR) is 69.2 cm³/mol. The number of aryl methyl sites for hydroxylation is 2. The molecule has 98 valence electrons. The first-order valence-corrected chi connectivity index (χ1v) is 5.74. The van der Waals surface area contributed by atoms with E-state index in [1.807, 2.05) is 19.9 Å². The van der Waals surface area contributed by atoms with Crippen LogP contribution in [0.5, 0.6) is 0 Å². The van der Waals surface area contributed by atoms with Crippen molar-refractivity contribution >= 4 is 17.5 Å². The van der Waals surface area contributed by atoms with Crippen molar-refractivity contribution in [2.24, 2.45) is 0 Å². The van der Waals surface area contributed by atoms with E-state index in [9.17, 15) is 9.59 Å². The second-order valence-corrected chi connectivity index (χ2v) is 4.31. The fourth-order valence-corrected chi connectivity index (χ4v) is 1.33. The third kappa shape index (κ3) is 4.18. The van der Waals surface area contributed by atoms with E-state index in [2.05, 4.69) is 10.6 Å². The molecule has 0 radical (unpaired) electrons. The number of aliphatic hydroxyl groups is 1. The quantitative estimate of drug-likeness (QED) is 0.692. The first-order chi connectivity index (χ1) is 8.40. The van der Waals surface area contributed by atoms with E-state index in [0.29, 0.717) is 5.69 Å². The predicted octanol–water partition coefficient (Wildman–Crippen LogP) is 0.739. The van der Waals surface area contributed by atoms with E-state index < -0.39 is 17.9 Å². The van der Waals surface area contributed by atoms with E-state index in [1.54, 1.807) is 12.1 Å². The van der Waals surface area contributed by atoms with Gasteiger partial charge in [-0.25, -0.2) is 0 Å². The summed E-state index contributed by atoms with van der Waals surface area (Å²) in [6.45, 7) is 5.48. The van der Waals surface area contributed by atoms with E-state index >= 15 is 0 Å². The molecule has 0 spiro atoms. The fraction of sp³-hybridized carbons (Fsp3) is 0.385. The van der Waals surface area contributed by atoms with Gasteiger partial charge in [-0.1, -0.05) is 6.07 Å². The van der Waals surface area contributed by atoms with Crippen LogP contribution in [-0.2, 0) is 9.59 Å². The molecule has 5 nitrogen and oxygen atoms in total. The van der Waals surface area contributed by atoms with Gasteiger partial charge >= 0.3 is 11.8 Å². The van der Waals surface area contributed by atoms with Crippen molar-refractivity contribution < 1.29 is 14.7 Å². The summed E-state index contributed by atoms with van der Waals surface area (Å²) in [4.78, 5) is 22.9. The van der Waals surface area contributed by atoms with Gasteiger partial charge in [0.05, 0.1) is 6.10 Å². The highest BCUT2D eigenvalue weighted by Crippen LogP contribution is 2.13. The number of carbonyl (C=O) groups is 2. The van der Waals surface area contributed by atoms with Gasteiger partial charge in [-0.3, -0.25) is 9.59 Å². The van der Waals surface area contributed by atoms with Gasteiger partial charge in [-0.05, 0) is 44.0 Å². The standard InChI is InChI=1S/C13H18N2O3/c1-8-4-5-11(6-9(8)2)15-13(18)12(17)14-7-10(3)16/h4-6,10,16H,7H2,1-3H3,(H,14,17)(H,15,18). The largest absolute Gasteiger partial charge is 0.392 e. The summed E-state index contributed by atoms with van der Waals surface area (Å²) in [5, 5.41) is 13.8. The minimum Gasteiger partial charge on any atom is -0.392 e. The zero-order valence-electron chi connectivity index (χ0n) is 10.8. The molecule has 0 saturated heterocycles. The molecule has 0 aliphatic heterocycles. The van der Waals surface area contributed by atoms with Crippen LogP contribution in [0.4, 0.5) is 5.69 Å². The average molecular weight is 250 g/mol. The Morgan fingerprint density at radius 2 is 1.89 bits per heavy atom. The Balaban J connectivity index is 2.58. The lowest BCUT2D eigenvalue weighted by Gasteiger charge is -2.09. The van der Waals surface area contributed by atoms with Crippen molar-refractivity contribution in [3.05, 3.63) is 29.3 Å². The summed E-state index contributed by atoms with van der Waals surface area (Å²) >= 11 is 0. The molecule has 5 heteroatoms. The number of aliphatic hydroxyl groups excluding tert-OH is 1. The van der Waals surface area contributed by atoms with Crippen LogP contribution >= 0.6 is 0 Å². The Bertz CT molecular complexity index is 456. The molecule has 0 bridgehead atoms. The van der Waals surface area contributed by atoms with E-state index in [-0.39, 0.29) is 6.54 Å². The molecule has 18 heavy (non-hydrogen) atoms. The number of hydrogen-bond donors (Lipinski definition) is 3. The molecule has 3 N–H and O–H groups in total. The van der Waals surface area contributed by atoms with Crippen LogP contribution in [0.3, 0.4) is 0 Å². The maximum absolute atomic E-state index is 11.5. The van der Waals surface area contributed by atoms with Crippen LogP contribution in [0.15, 0.2) is 18.2 Å². The number of rotatable bonds is 3. The molecule has 0 saturated carbocycles. The topological polar surface area (TPSA) is 78.4 Å². The minimum absolute atomic E-state index is 0.0547. The highest BCUT2D eigenvalue weighted by atomic mass is 16.3. The van der Waals surface area contributed by atoms with Crippen LogP contribution in [0.1, 0.15) is 18.1 Å². The number of benzene rings is 1. The van der Waals surface area contributed by atoms with Gasteiger partial charge in [-0.15, -0.1) is 0 Å². The molecule has 2 amide bonds. The van der Waals surface area contributed by atoms with Crippen LogP contribution in [0.25, 0.3) is 0 Å². The maximum Gasteiger partial charge on any atom is 0.313 e. The summed E-state index contributed by atoms with van der Waals surface area (Å²) < 4.78 is 0. The molecule has 0 fully saturated rings. The maximum atomic E-state index is 11.5. The van der Waals surface area contributed by atoms with Crippen LogP contribution in [0.2, 0.25) is 0 Å². The number of carbonyl (C=O) groups excluding carboxylic acids is 2. The molecule has 1 aromatic carbocycles. The number of amides is 2. The lowest BCUT2D eigenvalue weighted by Crippen LogP contribution is -2.38. The number of nitrogens with one attached hydrogen (secondary N) is 2. The van der Waals surface area contributed by atoms with Crippen LogP contribution in [-0.4, -0.2) is 29.6 Å². The summed E-state index contributed by atoms with van der Waals surface area (Å²) in [6, 6.07) is 5.41. The Kier molecular flexibility index (Phi) is 4.85. The molecular weight excluding hydrogens is 232 g/mol. The SMILES string of the molecule is Cc1ccc(NC(=O)C(=O)NCC(C)O)cc1C. The van der Waals surface area contributed by atoms with Crippen molar-refractivity contribution in [3.63, 3.8) is 0 Å². The highest BCUT2D eigenvalue weighted by Gasteiger charge is 2.13. The van der Waals surface area contributed by atoms with Gasteiger partial charge in [0.15, 0.2) is 0 Å². The van der Waals surface area contributed by atoms with Gasteiger partial charge in [0.2, 0.25) is 0 Å². The smallest absolute Gasteiger partial charge is 0.313 e. The Hall–Kier alpha value is -1.88. The van der Waals surface area contributed by atoms with Gasteiger partial charge in [0.25, 0.3) is 0 Å². The van der Waals surface area contributed by atoms with E-state index in [1.165, 1.54) is 6.92 Å². The molecule has 0 aliphatic rings. The summed E-state index contributed by atoms with van der Waals surface area (Å²) in [6.07, 6.45) is -0.677. The van der Waals surface area contributed by atoms with E-state index in [4.69, 9.17) is 5.11 Å². The van der Waals surface area contributed by atoms with Gasteiger partial charge in [-0.2, -0.15) is 0 Å². The van der Waals surface area contributed by atoms with E-state index in [0.717, 1.165) is 11.1 Å². The highest BCUT2D eigenvalue weighted by molar-refractivity contribution is 6.39. The lowest BCUT2D eigenvalue weighted by molar-refractivity contribution is -0.136. The molecular formula is C13H18N2O3. The van der Waals surface area contributed by atoms with Gasteiger partial charge in [0, 0.05) is 12.2 Å². The number of hydrogen-bond acceptors (Lipinski definition) is 3. The summed E-state index contributed by atoms with van der Waals surface area (Å²) in [5.41, 5.74) is 2.74. The first kappa shape index (κ1) is 14.2. The Morgan fingerprint density at radius 1 is 1.22 bits per heavy atom. The normalized spacial score (nSPS) is 11.8. The van der Waals surface area contributed by atoms with Gasteiger partial charge < -0.3 is 15.7 Å². The molecule has 0 aromatic heterocycles. The molecule has 1 unspecified atom stereocenters. The molecule has 0 heterocycles. The second-order valence-electron chi connectivity index (χ2n) is 4.31.